The lowest BCUT2D eigenvalue weighted by atomic mass is 10.0. The molecule has 0 N–H and O–H groups in total. The normalized spacial score (nSPS) is 12.0. The summed E-state index contributed by atoms with van der Waals surface area (Å²) < 4.78 is 16.9. The molecule has 0 radical (unpaired) electrons. The Kier molecular flexibility index (Phi) is 53.0. The molecule has 0 aliphatic carbocycles. The lowest BCUT2D eigenvalue weighted by molar-refractivity contribution is -0.167. The number of rotatable bonds is 55. The summed E-state index contributed by atoms with van der Waals surface area (Å²) in [6.45, 7) is 9.06. The SMILES string of the molecule is CCCCCCCCCCCCCCCCCCCCC(=O)O[C@H](COC(=O)CCCCCCCCCCC)COC(=O)CCCCCCCCCCCCCCCCCCCCC(C)C. The van der Waals surface area contributed by atoms with Crippen molar-refractivity contribution in [2.45, 2.75) is 348 Å². The Bertz CT molecular complexity index is 996. The monoisotopic (exact) mass is 933 g/mol. The Morgan fingerprint density at radius 2 is 0.500 bits per heavy atom. The lowest BCUT2D eigenvalue weighted by Crippen LogP contribution is -2.30. The van der Waals surface area contributed by atoms with Gasteiger partial charge < -0.3 is 14.2 Å². The van der Waals surface area contributed by atoms with Crippen LogP contribution in [0.4, 0.5) is 0 Å². The molecule has 6 nitrogen and oxygen atoms in total. The Labute approximate surface area is 412 Å². The molecular formula is C60H116O6. The quantitative estimate of drug-likeness (QED) is 0.0343. The van der Waals surface area contributed by atoms with Crippen LogP contribution in [0.15, 0.2) is 0 Å². The zero-order chi connectivity index (χ0) is 48.1. The maximum absolute atomic E-state index is 12.8. The van der Waals surface area contributed by atoms with E-state index in [2.05, 4.69) is 27.7 Å². The molecule has 1 atom stereocenters. The highest BCUT2D eigenvalue weighted by Gasteiger charge is 2.19. The van der Waals surface area contributed by atoms with Gasteiger partial charge in [0.1, 0.15) is 13.2 Å². The van der Waals surface area contributed by atoms with E-state index >= 15 is 0 Å². The smallest absolute Gasteiger partial charge is 0.306 e. The van der Waals surface area contributed by atoms with Crippen LogP contribution in [0.2, 0.25) is 0 Å². The van der Waals surface area contributed by atoms with Gasteiger partial charge in [-0.05, 0) is 25.2 Å². The molecule has 6 heteroatoms. The maximum atomic E-state index is 12.8. The van der Waals surface area contributed by atoms with Crippen LogP contribution in [-0.4, -0.2) is 37.2 Å². The van der Waals surface area contributed by atoms with Crippen molar-refractivity contribution in [2.24, 2.45) is 5.92 Å². The Hall–Kier alpha value is -1.59. The lowest BCUT2D eigenvalue weighted by Gasteiger charge is -2.18. The molecule has 0 saturated heterocycles. The van der Waals surface area contributed by atoms with E-state index in [9.17, 15) is 14.4 Å². The van der Waals surface area contributed by atoms with Crippen molar-refractivity contribution in [3.63, 3.8) is 0 Å². The van der Waals surface area contributed by atoms with Gasteiger partial charge in [0.25, 0.3) is 0 Å². The van der Waals surface area contributed by atoms with Gasteiger partial charge in [-0.3, -0.25) is 14.4 Å². The second-order valence-corrected chi connectivity index (χ2v) is 21.1. The Balaban J connectivity index is 4.17. The zero-order valence-corrected chi connectivity index (χ0v) is 45.2. The first-order valence-corrected chi connectivity index (χ1v) is 29.9. The summed E-state index contributed by atoms with van der Waals surface area (Å²) in [6, 6.07) is 0. The van der Waals surface area contributed by atoms with Crippen molar-refractivity contribution in [2.75, 3.05) is 13.2 Å². The summed E-state index contributed by atoms with van der Waals surface area (Å²) in [5.74, 6) is 0.0224. The molecule has 0 aromatic rings. The summed E-state index contributed by atoms with van der Waals surface area (Å²) in [5, 5.41) is 0. The van der Waals surface area contributed by atoms with Gasteiger partial charge in [0, 0.05) is 19.3 Å². The minimum atomic E-state index is -0.761. The van der Waals surface area contributed by atoms with Crippen molar-refractivity contribution in [3.05, 3.63) is 0 Å². The van der Waals surface area contributed by atoms with Crippen LogP contribution in [0, 0.1) is 5.92 Å². The minimum absolute atomic E-state index is 0.0618. The molecule has 0 aliphatic rings. The van der Waals surface area contributed by atoms with Gasteiger partial charge in [-0.1, -0.05) is 304 Å². The predicted molar refractivity (Wildman–Crippen MR) is 284 cm³/mol. The van der Waals surface area contributed by atoms with Crippen LogP contribution in [0.3, 0.4) is 0 Å². The highest BCUT2D eigenvalue weighted by molar-refractivity contribution is 5.71. The minimum Gasteiger partial charge on any atom is -0.462 e. The highest BCUT2D eigenvalue weighted by Crippen LogP contribution is 2.18. The summed E-state index contributed by atoms with van der Waals surface area (Å²) in [7, 11) is 0. The van der Waals surface area contributed by atoms with Gasteiger partial charge in [0.15, 0.2) is 6.10 Å². The number of carbonyl (C=O) groups excluding carboxylic acids is 3. The molecule has 0 bridgehead atoms. The second-order valence-electron chi connectivity index (χ2n) is 21.1. The van der Waals surface area contributed by atoms with Gasteiger partial charge in [-0.25, -0.2) is 0 Å². The molecule has 0 amide bonds. The predicted octanol–water partition coefficient (Wildman–Crippen LogP) is 19.8. The third-order valence-corrected chi connectivity index (χ3v) is 13.8. The van der Waals surface area contributed by atoms with E-state index in [1.165, 1.54) is 238 Å². The topological polar surface area (TPSA) is 78.9 Å². The number of hydrogen-bond donors (Lipinski definition) is 0. The largest absolute Gasteiger partial charge is 0.462 e. The fourth-order valence-electron chi connectivity index (χ4n) is 9.28. The Morgan fingerprint density at radius 3 is 0.742 bits per heavy atom. The molecule has 0 saturated carbocycles. The molecule has 0 rings (SSSR count). The number of ether oxygens (including phenoxy) is 3. The van der Waals surface area contributed by atoms with Gasteiger partial charge in [-0.2, -0.15) is 0 Å². The molecule has 0 aliphatic heterocycles. The standard InChI is InChI=1S/C60H116O6/c1-5-7-9-11-13-15-16-17-18-19-23-27-30-33-37-41-45-49-53-60(63)66-57(54-64-58(61)51-47-43-39-34-14-12-10-8-6-2)55-65-59(62)52-48-44-40-36-32-29-26-24-21-20-22-25-28-31-35-38-42-46-50-56(3)4/h56-57H,5-55H2,1-4H3/t57-/m1/s1. The van der Waals surface area contributed by atoms with Crippen LogP contribution in [0.1, 0.15) is 342 Å². The van der Waals surface area contributed by atoms with Crippen LogP contribution in [0.25, 0.3) is 0 Å². The molecule has 0 unspecified atom stereocenters. The summed E-state index contributed by atoms with van der Waals surface area (Å²) >= 11 is 0. The second kappa shape index (κ2) is 54.4. The number of hydrogen-bond acceptors (Lipinski definition) is 6. The molecule has 0 heterocycles. The van der Waals surface area contributed by atoms with E-state index in [0.29, 0.717) is 19.3 Å². The number of carbonyl (C=O) groups is 3. The van der Waals surface area contributed by atoms with E-state index in [1.807, 2.05) is 0 Å². The Morgan fingerprint density at radius 1 is 0.288 bits per heavy atom. The van der Waals surface area contributed by atoms with Crippen molar-refractivity contribution in [3.8, 4) is 0 Å². The number of unbranched alkanes of at least 4 members (excludes halogenated alkanes) is 42. The van der Waals surface area contributed by atoms with Gasteiger partial charge >= 0.3 is 17.9 Å². The zero-order valence-electron chi connectivity index (χ0n) is 45.2. The molecule has 0 spiro atoms. The van der Waals surface area contributed by atoms with Gasteiger partial charge in [0.2, 0.25) is 0 Å². The highest BCUT2D eigenvalue weighted by atomic mass is 16.6. The van der Waals surface area contributed by atoms with Gasteiger partial charge in [-0.15, -0.1) is 0 Å². The molecule has 0 fully saturated rings. The molecule has 66 heavy (non-hydrogen) atoms. The summed E-state index contributed by atoms with van der Waals surface area (Å²) in [6.07, 6.45) is 59.6. The fourth-order valence-corrected chi connectivity index (χ4v) is 9.28. The van der Waals surface area contributed by atoms with Crippen molar-refractivity contribution < 1.29 is 28.6 Å². The van der Waals surface area contributed by atoms with E-state index in [0.717, 1.165) is 63.7 Å². The van der Waals surface area contributed by atoms with E-state index in [1.54, 1.807) is 0 Å². The van der Waals surface area contributed by atoms with Crippen LogP contribution < -0.4 is 0 Å². The van der Waals surface area contributed by atoms with E-state index < -0.39 is 6.10 Å². The maximum Gasteiger partial charge on any atom is 0.306 e. The first-order chi connectivity index (χ1) is 32.4. The molecular weight excluding hydrogens is 817 g/mol. The van der Waals surface area contributed by atoms with E-state index in [4.69, 9.17) is 14.2 Å². The third kappa shape index (κ3) is 53.4. The van der Waals surface area contributed by atoms with Crippen molar-refractivity contribution in [1.29, 1.82) is 0 Å². The van der Waals surface area contributed by atoms with Crippen molar-refractivity contribution >= 4 is 17.9 Å². The summed E-state index contributed by atoms with van der Waals surface area (Å²) in [5.41, 5.74) is 0. The van der Waals surface area contributed by atoms with Crippen LogP contribution >= 0.6 is 0 Å². The van der Waals surface area contributed by atoms with Gasteiger partial charge in [0.05, 0.1) is 0 Å². The first-order valence-electron chi connectivity index (χ1n) is 29.9. The van der Waals surface area contributed by atoms with E-state index in [-0.39, 0.29) is 31.1 Å². The molecule has 0 aromatic heterocycles. The molecule has 392 valence electrons. The summed E-state index contributed by atoms with van der Waals surface area (Å²) in [4.78, 5) is 38.1. The molecule has 0 aromatic carbocycles. The van der Waals surface area contributed by atoms with Crippen LogP contribution in [-0.2, 0) is 28.6 Å². The number of esters is 3. The first kappa shape index (κ1) is 64.4. The van der Waals surface area contributed by atoms with Crippen molar-refractivity contribution in [1.82, 2.24) is 0 Å². The average molecular weight is 934 g/mol. The van der Waals surface area contributed by atoms with Crippen LogP contribution in [0.5, 0.6) is 0 Å². The fraction of sp³-hybridized carbons (Fsp3) is 0.950. The average Bonchev–Trinajstić information content (AvgIpc) is 3.30. The third-order valence-electron chi connectivity index (χ3n) is 13.8.